The molecule has 0 saturated carbocycles. The highest BCUT2D eigenvalue weighted by molar-refractivity contribution is 7.80. The van der Waals surface area contributed by atoms with Crippen LogP contribution in [0, 0.1) is 0 Å². The number of esters is 1. The van der Waals surface area contributed by atoms with Crippen molar-refractivity contribution in [3.05, 3.63) is 29.0 Å². The van der Waals surface area contributed by atoms with Gasteiger partial charge < -0.3 is 29.6 Å². The molecule has 0 unspecified atom stereocenters. The van der Waals surface area contributed by atoms with Gasteiger partial charge >= 0.3 is 12.1 Å². The number of carbonyl (C=O) groups excluding carboxylic acids is 1. The van der Waals surface area contributed by atoms with E-state index < -0.39 is 29.5 Å². The standard InChI is InChI=1S/C17H19F3N2O5S/c1-5-27-15(23)11-12(21-16(28)22-14(11)17(18,19)20)8-6-9(24-2)13(26-4)10(7-8)25-3/h6-7,12H,5H2,1-4H3,(H2,21,22,28)/t12-/m1/s1. The fraction of sp³-hybridized carbons (Fsp3) is 0.412. The van der Waals surface area contributed by atoms with Crippen LogP contribution in [-0.2, 0) is 9.53 Å². The summed E-state index contributed by atoms with van der Waals surface area (Å²) in [7, 11) is 4.12. The Morgan fingerprint density at radius 3 is 2.14 bits per heavy atom. The van der Waals surface area contributed by atoms with Crippen LogP contribution < -0.4 is 24.8 Å². The van der Waals surface area contributed by atoms with Crippen LogP contribution >= 0.6 is 12.2 Å². The van der Waals surface area contributed by atoms with Gasteiger partial charge in [0, 0.05) is 0 Å². The third-order valence-corrected chi connectivity index (χ3v) is 4.09. The van der Waals surface area contributed by atoms with E-state index in [4.69, 9.17) is 31.2 Å². The van der Waals surface area contributed by atoms with Gasteiger partial charge in [0.15, 0.2) is 16.6 Å². The lowest BCUT2D eigenvalue weighted by atomic mass is 9.94. The van der Waals surface area contributed by atoms with Crippen LogP contribution in [0.25, 0.3) is 0 Å². The molecule has 0 radical (unpaired) electrons. The van der Waals surface area contributed by atoms with E-state index in [0.717, 1.165) is 0 Å². The minimum atomic E-state index is -4.85. The van der Waals surface area contributed by atoms with Crippen LogP contribution in [-0.4, -0.2) is 45.2 Å². The number of alkyl halides is 3. The summed E-state index contributed by atoms with van der Waals surface area (Å²) in [5.41, 5.74) is -1.70. The lowest BCUT2D eigenvalue weighted by Gasteiger charge is -2.32. The molecule has 0 amide bonds. The van der Waals surface area contributed by atoms with Crippen molar-refractivity contribution in [2.75, 3.05) is 27.9 Å². The molecular weight excluding hydrogens is 401 g/mol. The normalized spacial score (nSPS) is 16.8. The molecule has 0 spiro atoms. The van der Waals surface area contributed by atoms with Gasteiger partial charge in [-0.1, -0.05) is 0 Å². The van der Waals surface area contributed by atoms with Crippen LogP contribution in [0.5, 0.6) is 17.2 Å². The summed E-state index contributed by atoms with van der Waals surface area (Å²) in [6.45, 7) is 1.40. The van der Waals surface area contributed by atoms with Crippen LogP contribution in [0.3, 0.4) is 0 Å². The lowest BCUT2D eigenvalue weighted by Crippen LogP contribution is -2.49. The maximum atomic E-state index is 13.6. The third kappa shape index (κ3) is 4.24. The van der Waals surface area contributed by atoms with E-state index in [0.29, 0.717) is 0 Å². The molecule has 0 bridgehead atoms. The molecule has 1 aromatic carbocycles. The Labute approximate surface area is 164 Å². The van der Waals surface area contributed by atoms with Crippen molar-refractivity contribution in [1.29, 1.82) is 0 Å². The number of benzene rings is 1. The third-order valence-electron chi connectivity index (χ3n) is 3.87. The number of thiocarbonyl (C=S) groups is 1. The Balaban J connectivity index is 2.73. The second kappa shape index (κ2) is 8.55. The first-order valence-corrected chi connectivity index (χ1v) is 8.44. The van der Waals surface area contributed by atoms with Crippen molar-refractivity contribution >= 4 is 23.3 Å². The van der Waals surface area contributed by atoms with Gasteiger partial charge in [-0.2, -0.15) is 13.2 Å². The van der Waals surface area contributed by atoms with Gasteiger partial charge in [0.05, 0.1) is 39.6 Å². The number of halogens is 3. The van der Waals surface area contributed by atoms with Crippen molar-refractivity contribution in [1.82, 2.24) is 10.6 Å². The summed E-state index contributed by atoms with van der Waals surface area (Å²) in [6, 6.07) is 1.61. The topological polar surface area (TPSA) is 78.1 Å². The zero-order chi connectivity index (χ0) is 21.1. The molecule has 0 saturated heterocycles. The zero-order valence-electron chi connectivity index (χ0n) is 15.5. The molecule has 28 heavy (non-hydrogen) atoms. The smallest absolute Gasteiger partial charge is 0.431 e. The molecule has 1 aromatic rings. The molecule has 154 valence electrons. The SMILES string of the molecule is CCOC(=O)C1=C(C(F)(F)F)NC(=S)N[C@@H]1c1cc(OC)c(OC)c(OC)c1. The minimum absolute atomic E-state index is 0.0973. The average molecular weight is 420 g/mol. The molecule has 7 nitrogen and oxygen atoms in total. The number of ether oxygens (including phenoxy) is 4. The number of nitrogens with one attached hydrogen (secondary N) is 2. The predicted octanol–water partition coefficient (Wildman–Crippen LogP) is 2.61. The highest BCUT2D eigenvalue weighted by Gasteiger charge is 2.45. The second-order valence-corrected chi connectivity index (χ2v) is 5.91. The summed E-state index contributed by atoms with van der Waals surface area (Å²) in [4.78, 5) is 12.4. The fourth-order valence-corrected chi connectivity index (χ4v) is 2.95. The molecule has 0 aliphatic carbocycles. The monoisotopic (exact) mass is 420 g/mol. The lowest BCUT2D eigenvalue weighted by molar-refractivity contribution is -0.140. The van der Waals surface area contributed by atoms with Gasteiger partial charge in [-0.15, -0.1) is 0 Å². The maximum absolute atomic E-state index is 13.6. The average Bonchev–Trinajstić information content (AvgIpc) is 2.65. The molecule has 0 fully saturated rings. The van der Waals surface area contributed by atoms with Crippen LogP contribution in [0.1, 0.15) is 18.5 Å². The number of allylic oxidation sites excluding steroid dienone is 1. The molecular formula is C17H19F3N2O5S. The maximum Gasteiger partial charge on any atom is 0.431 e. The van der Waals surface area contributed by atoms with Crippen LogP contribution in [0.2, 0.25) is 0 Å². The summed E-state index contributed by atoms with van der Waals surface area (Å²) < 4.78 is 61.3. The van der Waals surface area contributed by atoms with Gasteiger partial charge in [0.2, 0.25) is 5.75 Å². The Morgan fingerprint density at radius 1 is 1.14 bits per heavy atom. The molecule has 0 aromatic heterocycles. The van der Waals surface area contributed by atoms with Gasteiger partial charge in [-0.05, 0) is 36.8 Å². The largest absolute Gasteiger partial charge is 0.493 e. The Kier molecular flexibility index (Phi) is 6.60. The summed E-state index contributed by atoms with van der Waals surface area (Å²) in [6.07, 6.45) is -4.85. The summed E-state index contributed by atoms with van der Waals surface area (Å²) in [5, 5.41) is 4.39. The molecule has 1 heterocycles. The predicted molar refractivity (Wildman–Crippen MR) is 97.4 cm³/mol. The van der Waals surface area contributed by atoms with E-state index in [-0.39, 0.29) is 34.5 Å². The molecule has 1 aliphatic heterocycles. The quantitative estimate of drug-likeness (QED) is 0.537. The van der Waals surface area contributed by atoms with Gasteiger partial charge in [-0.25, -0.2) is 4.79 Å². The first-order chi connectivity index (χ1) is 13.2. The first-order valence-electron chi connectivity index (χ1n) is 8.03. The molecule has 2 rings (SSSR count). The van der Waals surface area contributed by atoms with E-state index in [2.05, 4.69) is 5.32 Å². The van der Waals surface area contributed by atoms with Crippen molar-refractivity contribution in [3.63, 3.8) is 0 Å². The van der Waals surface area contributed by atoms with Gasteiger partial charge in [0.1, 0.15) is 5.70 Å². The van der Waals surface area contributed by atoms with E-state index >= 15 is 0 Å². The Morgan fingerprint density at radius 2 is 1.71 bits per heavy atom. The number of carbonyl (C=O) groups is 1. The number of hydrogen-bond acceptors (Lipinski definition) is 6. The Bertz CT molecular complexity index is 785. The van der Waals surface area contributed by atoms with E-state index in [9.17, 15) is 18.0 Å². The van der Waals surface area contributed by atoms with E-state index in [1.807, 2.05) is 5.32 Å². The van der Waals surface area contributed by atoms with Crippen LogP contribution in [0.4, 0.5) is 13.2 Å². The summed E-state index contributed by atoms with van der Waals surface area (Å²) >= 11 is 4.91. The molecule has 11 heteroatoms. The molecule has 2 N–H and O–H groups in total. The fourth-order valence-electron chi connectivity index (χ4n) is 2.73. The Hall–Kier alpha value is -2.69. The van der Waals surface area contributed by atoms with Crippen molar-refractivity contribution in [2.45, 2.75) is 19.1 Å². The summed E-state index contributed by atoms with van der Waals surface area (Å²) in [5.74, 6) is -0.459. The minimum Gasteiger partial charge on any atom is -0.493 e. The van der Waals surface area contributed by atoms with Crippen molar-refractivity contribution in [3.8, 4) is 17.2 Å². The van der Waals surface area contributed by atoms with E-state index in [1.54, 1.807) is 0 Å². The van der Waals surface area contributed by atoms with Gasteiger partial charge in [0.25, 0.3) is 0 Å². The van der Waals surface area contributed by atoms with E-state index in [1.165, 1.54) is 40.4 Å². The zero-order valence-corrected chi connectivity index (χ0v) is 16.3. The van der Waals surface area contributed by atoms with Gasteiger partial charge in [-0.3, -0.25) is 0 Å². The highest BCUT2D eigenvalue weighted by Crippen LogP contribution is 2.43. The highest BCUT2D eigenvalue weighted by atomic mass is 32.1. The number of rotatable bonds is 6. The van der Waals surface area contributed by atoms with Crippen LogP contribution in [0.15, 0.2) is 23.4 Å². The van der Waals surface area contributed by atoms with Crippen molar-refractivity contribution in [2.24, 2.45) is 0 Å². The number of methoxy groups -OCH3 is 3. The van der Waals surface area contributed by atoms with Crippen molar-refractivity contribution < 1.29 is 36.9 Å². The number of hydrogen-bond donors (Lipinski definition) is 2. The molecule has 1 aliphatic rings. The first kappa shape index (κ1) is 21.6. The second-order valence-electron chi connectivity index (χ2n) is 5.50. The molecule has 1 atom stereocenters.